The molecule has 3 nitrogen and oxygen atoms in total. The van der Waals surface area contributed by atoms with Crippen LogP contribution in [0.15, 0.2) is 0 Å². The van der Waals surface area contributed by atoms with E-state index in [1.807, 2.05) is 0 Å². The SMILES string of the molecule is C[C@](O)([C@H](O)CCl)[C@@H](O)CCl. The van der Waals surface area contributed by atoms with Crippen LogP contribution in [0.4, 0.5) is 0 Å². The molecule has 5 heteroatoms. The quantitative estimate of drug-likeness (QED) is 0.561. The number of aliphatic hydroxyl groups excluding tert-OH is 2. The first-order valence-corrected chi connectivity index (χ1v) is 4.24. The molecule has 0 aromatic heterocycles. The molecule has 0 unspecified atom stereocenters. The summed E-state index contributed by atoms with van der Waals surface area (Å²) in [5.74, 6) is -0.276. The van der Waals surface area contributed by atoms with E-state index < -0.39 is 17.8 Å². The molecular weight excluding hydrogens is 191 g/mol. The molecule has 0 aliphatic rings. The highest BCUT2D eigenvalue weighted by atomic mass is 35.5. The summed E-state index contributed by atoms with van der Waals surface area (Å²) < 4.78 is 0. The Bertz CT molecular complexity index is 106. The Labute approximate surface area is 75.6 Å². The van der Waals surface area contributed by atoms with Gasteiger partial charge in [-0.05, 0) is 6.92 Å². The number of aliphatic hydroxyl groups is 3. The van der Waals surface area contributed by atoms with E-state index in [-0.39, 0.29) is 11.8 Å². The molecule has 0 heterocycles. The second kappa shape index (κ2) is 4.48. The fraction of sp³-hybridized carbons (Fsp3) is 1.00. The van der Waals surface area contributed by atoms with Crippen LogP contribution in [0.1, 0.15) is 6.92 Å². The summed E-state index contributed by atoms with van der Waals surface area (Å²) in [5, 5.41) is 27.6. The molecule has 11 heavy (non-hydrogen) atoms. The Hall–Kier alpha value is 0.460. The van der Waals surface area contributed by atoms with E-state index in [4.69, 9.17) is 33.4 Å². The second-order valence-corrected chi connectivity index (χ2v) is 3.18. The smallest absolute Gasteiger partial charge is 0.116 e. The second-order valence-electron chi connectivity index (χ2n) is 2.57. The van der Waals surface area contributed by atoms with Crippen LogP contribution < -0.4 is 0 Å². The summed E-state index contributed by atoms with van der Waals surface area (Å²) in [4.78, 5) is 0. The fourth-order valence-electron chi connectivity index (χ4n) is 0.534. The van der Waals surface area contributed by atoms with Crippen molar-refractivity contribution in [3.05, 3.63) is 0 Å². The molecule has 0 radical (unpaired) electrons. The third kappa shape index (κ3) is 2.76. The van der Waals surface area contributed by atoms with Gasteiger partial charge in [-0.2, -0.15) is 0 Å². The van der Waals surface area contributed by atoms with E-state index in [9.17, 15) is 5.11 Å². The molecule has 0 saturated carbocycles. The minimum Gasteiger partial charge on any atom is -0.389 e. The molecule has 0 spiro atoms. The summed E-state index contributed by atoms with van der Waals surface area (Å²) in [6.07, 6.45) is -2.34. The molecular formula is C6H12Cl2O3. The molecule has 3 N–H and O–H groups in total. The highest BCUT2D eigenvalue weighted by molar-refractivity contribution is 6.18. The van der Waals surface area contributed by atoms with E-state index in [0.717, 1.165) is 0 Å². The molecule has 0 saturated heterocycles. The first-order valence-electron chi connectivity index (χ1n) is 3.17. The van der Waals surface area contributed by atoms with Crippen molar-refractivity contribution in [2.75, 3.05) is 11.8 Å². The van der Waals surface area contributed by atoms with Crippen LogP contribution in [-0.4, -0.2) is 44.9 Å². The van der Waals surface area contributed by atoms with Crippen molar-refractivity contribution in [3.63, 3.8) is 0 Å². The Morgan fingerprint density at radius 2 is 1.45 bits per heavy atom. The van der Waals surface area contributed by atoms with Gasteiger partial charge in [0.25, 0.3) is 0 Å². The summed E-state index contributed by atoms with van der Waals surface area (Å²) in [6.45, 7) is 1.28. The van der Waals surface area contributed by atoms with Gasteiger partial charge in [0.1, 0.15) is 5.60 Å². The number of hydrogen-bond donors (Lipinski definition) is 3. The summed E-state index contributed by atoms with van der Waals surface area (Å²) in [6, 6.07) is 0. The number of rotatable bonds is 4. The zero-order valence-electron chi connectivity index (χ0n) is 6.17. The van der Waals surface area contributed by atoms with Gasteiger partial charge in [-0.25, -0.2) is 0 Å². The van der Waals surface area contributed by atoms with Crippen LogP contribution in [0.3, 0.4) is 0 Å². The fourth-order valence-corrected chi connectivity index (χ4v) is 1.16. The van der Waals surface area contributed by atoms with Crippen LogP contribution in [0, 0.1) is 0 Å². The maximum atomic E-state index is 9.38. The van der Waals surface area contributed by atoms with Crippen molar-refractivity contribution in [2.45, 2.75) is 24.7 Å². The zero-order valence-corrected chi connectivity index (χ0v) is 7.68. The molecule has 0 bridgehead atoms. The minimum atomic E-state index is -1.64. The lowest BCUT2D eigenvalue weighted by Gasteiger charge is -2.31. The molecule has 0 rings (SSSR count). The van der Waals surface area contributed by atoms with E-state index >= 15 is 0 Å². The largest absolute Gasteiger partial charge is 0.389 e. The van der Waals surface area contributed by atoms with Crippen molar-refractivity contribution in [2.24, 2.45) is 0 Å². The van der Waals surface area contributed by atoms with E-state index in [2.05, 4.69) is 0 Å². The van der Waals surface area contributed by atoms with Crippen molar-refractivity contribution >= 4 is 23.2 Å². The van der Waals surface area contributed by atoms with E-state index in [1.54, 1.807) is 0 Å². The molecule has 0 aliphatic carbocycles. The lowest BCUT2D eigenvalue weighted by Crippen LogP contribution is -2.51. The summed E-state index contributed by atoms with van der Waals surface area (Å²) >= 11 is 10.5. The number of alkyl halides is 2. The van der Waals surface area contributed by atoms with Gasteiger partial charge < -0.3 is 15.3 Å². The molecule has 68 valence electrons. The Morgan fingerprint density at radius 3 is 1.64 bits per heavy atom. The zero-order chi connectivity index (χ0) is 9.07. The maximum Gasteiger partial charge on any atom is 0.116 e. The predicted octanol–water partition coefficient (Wildman–Crippen LogP) is -0.0632. The first kappa shape index (κ1) is 11.5. The lowest BCUT2D eigenvalue weighted by atomic mass is 9.94. The topological polar surface area (TPSA) is 60.7 Å². The standard InChI is InChI=1S/C6H12Cl2O3/c1-6(11,4(9)2-7)5(10)3-8/h4-5,9-11H,2-3H2,1H3/t4-,5+,6+. The third-order valence-electron chi connectivity index (χ3n) is 1.64. The van der Waals surface area contributed by atoms with Gasteiger partial charge in [0.2, 0.25) is 0 Å². The normalized spacial score (nSPS) is 22.4. The van der Waals surface area contributed by atoms with Crippen LogP contribution in [0.25, 0.3) is 0 Å². The van der Waals surface area contributed by atoms with Gasteiger partial charge in [-0.1, -0.05) is 0 Å². The molecule has 0 aliphatic heterocycles. The highest BCUT2D eigenvalue weighted by Crippen LogP contribution is 2.17. The van der Waals surface area contributed by atoms with Crippen molar-refractivity contribution in [3.8, 4) is 0 Å². The predicted molar refractivity (Wildman–Crippen MR) is 44.1 cm³/mol. The monoisotopic (exact) mass is 202 g/mol. The molecule has 0 amide bonds. The summed E-state index contributed by atoms with van der Waals surface area (Å²) in [5.41, 5.74) is -1.64. The summed E-state index contributed by atoms with van der Waals surface area (Å²) in [7, 11) is 0. The Balaban J connectivity index is 4.18. The Morgan fingerprint density at radius 1 is 1.18 bits per heavy atom. The van der Waals surface area contributed by atoms with Crippen LogP contribution in [0.5, 0.6) is 0 Å². The van der Waals surface area contributed by atoms with E-state index in [0.29, 0.717) is 0 Å². The van der Waals surface area contributed by atoms with Crippen molar-refractivity contribution < 1.29 is 15.3 Å². The van der Waals surface area contributed by atoms with Crippen molar-refractivity contribution in [1.82, 2.24) is 0 Å². The average molecular weight is 203 g/mol. The van der Waals surface area contributed by atoms with Gasteiger partial charge in [-0.3, -0.25) is 0 Å². The van der Waals surface area contributed by atoms with Gasteiger partial charge in [-0.15, -0.1) is 23.2 Å². The highest BCUT2D eigenvalue weighted by Gasteiger charge is 2.36. The maximum absolute atomic E-state index is 9.38. The van der Waals surface area contributed by atoms with Gasteiger partial charge >= 0.3 is 0 Å². The first-order chi connectivity index (χ1) is 4.96. The minimum absolute atomic E-state index is 0.138. The lowest BCUT2D eigenvalue weighted by molar-refractivity contribution is -0.118. The third-order valence-corrected chi connectivity index (χ3v) is 2.23. The Kier molecular flexibility index (Phi) is 4.66. The van der Waals surface area contributed by atoms with Crippen LogP contribution in [-0.2, 0) is 0 Å². The van der Waals surface area contributed by atoms with Gasteiger partial charge in [0.05, 0.1) is 24.0 Å². The number of hydrogen-bond acceptors (Lipinski definition) is 3. The van der Waals surface area contributed by atoms with Crippen molar-refractivity contribution in [1.29, 1.82) is 0 Å². The van der Waals surface area contributed by atoms with E-state index in [1.165, 1.54) is 6.92 Å². The van der Waals surface area contributed by atoms with Crippen LogP contribution in [0.2, 0.25) is 0 Å². The number of halogens is 2. The molecule has 0 fully saturated rings. The van der Waals surface area contributed by atoms with Crippen LogP contribution >= 0.6 is 23.2 Å². The molecule has 0 aromatic carbocycles. The molecule has 3 atom stereocenters. The van der Waals surface area contributed by atoms with Gasteiger partial charge in [0.15, 0.2) is 0 Å². The van der Waals surface area contributed by atoms with Gasteiger partial charge in [0, 0.05) is 0 Å². The molecule has 0 aromatic rings. The average Bonchev–Trinajstić information content (AvgIpc) is 2.01.